The Morgan fingerprint density at radius 2 is 1.75 bits per heavy atom. The van der Waals surface area contributed by atoms with Gasteiger partial charge in [0, 0.05) is 22.9 Å². The third-order valence-electron chi connectivity index (χ3n) is 3.69. The number of hydrogen-bond acceptors (Lipinski definition) is 5. The van der Waals surface area contributed by atoms with Crippen LogP contribution in [-0.4, -0.2) is 38.5 Å². The van der Waals surface area contributed by atoms with Gasteiger partial charge in [-0.3, -0.25) is 14.4 Å². The molecule has 0 spiro atoms. The molecule has 0 unspecified atom stereocenters. The van der Waals surface area contributed by atoms with E-state index in [2.05, 4.69) is 10.6 Å². The number of hydrogen-bond donors (Lipinski definition) is 3. The minimum atomic E-state index is -0.628. The summed E-state index contributed by atoms with van der Waals surface area (Å²) in [5.41, 5.74) is 6.53. The highest BCUT2D eigenvalue weighted by atomic mass is 16.5. The number of ether oxygens (including phenoxy) is 2. The summed E-state index contributed by atoms with van der Waals surface area (Å²) in [7, 11) is 3.10. The van der Waals surface area contributed by atoms with Gasteiger partial charge in [0.15, 0.2) is 0 Å². The summed E-state index contributed by atoms with van der Waals surface area (Å²) in [4.78, 5) is 34.6. The van der Waals surface area contributed by atoms with Gasteiger partial charge in [0.2, 0.25) is 11.8 Å². The lowest BCUT2D eigenvalue weighted by Crippen LogP contribution is -2.33. The molecule has 0 aliphatic carbocycles. The Morgan fingerprint density at radius 1 is 1.04 bits per heavy atom. The first-order chi connectivity index (χ1) is 13.4. The van der Waals surface area contributed by atoms with Gasteiger partial charge < -0.3 is 25.8 Å². The molecular weight excluding hydrogens is 362 g/mol. The van der Waals surface area contributed by atoms with Gasteiger partial charge in [0.05, 0.1) is 20.8 Å². The molecule has 0 atom stereocenters. The predicted molar refractivity (Wildman–Crippen MR) is 105 cm³/mol. The van der Waals surface area contributed by atoms with Crippen LogP contribution in [0, 0.1) is 0 Å². The normalized spacial score (nSPS) is 10.4. The molecule has 0 fully saturated rings. The highest BCUT2D eigenvalue weighted by molar-refractivity contribution is 6.02. The van der Waals surface area contributed by atoms with Crippen LogP contribution in [0.5, 0.6) is 11.5 Å². The molecule has 28 heavy (non-hydrogen) atoms. The Kier molecular flexibility index (Phi) is 7.15. The standard InChI is InChI=1S/C20H21N3O5/c1-27-16-8-9-17(28-2)14(11-16)5-10-19(25)23-15-6-3-13(4-7-15)20(26)22-12-18(21)24/h3-11H,12H2,1-2H3,(H2,21,24)(H,22,26)(H,23,25)/b10-5+. The molecule has 0 aromatic heterocycles. The minimum Gasteiger partial charge on any atom is -0.497 e. The van der Waals surface area contributed by atoms with Crippen molar-refractivity contribution in [3.8, 4) is 11.5 Å². The average Bonchev–Trinajstić information content (AvgIpc) is 2.70. The highest BCUT2D eigenvalue weighted by Gasteiger charge is 2.07. The lowest BCUT2D eigenvalue weighted by Gasteiger charge is -2.07. The van der Waals surface area contributed by atoms with Crippen molar-refractivity contribution in [2.24, 2.45) is 5.73 Å². The van der Waals surface area contributed by atoms with E-state index in [-0.39, 0.29) is 12.5 Å². The maximum Gasteiger partial charge on any atom is 0.251 e. The van der Waals surface area contributed by atoms with Crippen molar-refractivity contribution in [3.63, 3.8) is 0 Å². The van der Waals surface area contributed by atoms with E-state index in [0.29, 0.717) is 28.3 Å². The van der Waals surface area contributed by atoms with Crippen LogP contribution in [0.1, 0.15) is 15.9 Å². The molecule has 2 rings (SSSR count). The zero-order chi connectivity index (χ0) is 20.5. The molecule has 0 aliphatic rings. The maximum absolute atomic E-state index is 12.1. The van der Waals surface area contributed by atoms with Crippen LogP contribution in [0.25, 0.3) is 6.08 Å². The zero-order valence-electron chi connectivity index (χ0n) is 15.5. The van der Waals surface area contributed by atoms with Crippen molar-refractivity contribution in [2.75, 3.05) is 26.1 Å². The number of carbonyl (C=O) groups excluding carboxylic acids is 3. The maximum atomic E-state index is 12.1. The molecule has 0 radical (unpaired) electrons. The summed E-state index contributed by atoms with van der Waals surface area (Å²) in [6.07, 6.45) is 2.98. The Bertz CT molecular complexity index is 891. The van der Waals surface area contributed by atoms with Gasteiger partial charge in [-0.25, -0.2) is 0 Å². The number of rotatable bonds is 8. The SMILES string of the molecule is COc1ccc(OC)c(/C=C/C(=O)Nc2ccc(C(=O)NCC(N)=O)cc2)c1. The molecule has 4 N–H and O–H groups in total. The molecule has 8 heteroatoms. The number of carbonyl (C=O) groups is 3. The third-order valence-corrected chi connectivity index (χ3v) is 3.69. The Morgan fingerprint density at radius 3 is 2.36 bits per heavy atom. The average molecular weight is 383 g/mol. The number of nitrogens with two attached hydrogens (primary N) is 1. The van der Waals surface area contributed by atoms with E-state index in [1.807, 2.05) is 0 Å². The van der Waals surface area contributed by atoms with Crippen LogP contribution in [0.2, 0.25) is 0 Å². The van der Waals surface area contributed by atoms with Crippen LogP contribution >= 0.6 is 0 Å². The second-order valence-corrected chi connectivity index (χ2v) is 5.66. The Hall–Kier alpha value is -3.81. The van der Waals surface area contributed by atoms with Gasteiger partial charge in [0.25, 0.3) is 5.91 Å². The third kappa shape index (κ3) is 5.87. The van der Waals surface area contributed by atoms with Crippen LogP contribution in [-0.2, 0) is 9.59 Å². The molecule has 0 saturated heterocycles. The summed E-state index contributed by atoms with van der Waals surface area (Å²) in [6, 6.07) is 11.5. The van der Waals surface area contributed by atoms with Crippen molar-refractivity contribution in [1.82, 2.24) is 5.32 Å². The Balaban J connectivity index is 2.00. The first kappa shape index (κ1) is 20.5. The molecular formula is C20H21N3O5. The number of methoxy groups -OCH3 is 2. The van der Waals surface area contributed by atoms with Crippen LogP contribution in [0.4, 0.5) is 5.69 Å². The summed E-state index contributed by atoms with van der Waals surface area (Å²) < 4.78 is 10.4. The van der Waals surface area contributed by atoms with Crippen molar-refractivity contribution >= 4 is 29.5 Å². The van der Waals surface area contributed by atoms with Crippen molar-refractivity contribution < 1.29 is 23.9 Å². The number of amides is 3. The van der Waals surface area contributed by atoms with E-state index in [0.717, 1.165) is 0 Å². The van der Waals surface area contributed by atoms with E-state index in [1.165, 1.54) is 18.2 Å². The van der Waals surface area contributed by atoms with Crippen molar-refractivity contribution in [2.45, 2.75) is 0 Å². The first-order valence-electron chi connectivity index (χ1n) is 8.30. The molecule has 2 aromatic rings. The second-order valence-electron chi connectivity index (χ2n) is 5.66. The van der Waals surface area contributed by atoms with Crippen molar-refractivity contribution in [3.05, 3.63) is 59.7 Å². The van der Waals surface area contributed by atoms with Gasteiger partial charge in [-0.05, 0) is 48.5 Å². The fourth-order valence-corrected chi connectivity index (χ4v) is 2.29. The molecule has 0 heterocycles. The van der Waals surface area contributed by atoms with Gasteiger partial charge in [0.1, 0.15) is 11.5 Å². The molecule has 8 nitrogen and oxygen atoms in total. The quantitative estimate of drug-likeness (QED) is 0.598. The fraction of sp³-hybridized carbons (Fsp3) is 0.150. The Labute approximate surface area is 162 Å². The van der Waals surface area contributed by atoms with E-state index in [4.69, 9.17) is 15.2 Å². The highest BCUT2D eigenvalue weighted by Crippen LogP contribution is 2.25. The topological polar surface area (TPSA) is 120 Å². The summed E-state index contributed by atoms with van der Waals surface area (Å²) in [5.74, 6) is -0.156. The number of benzene rings is 2. The molecule has 0 saturated carbocycles. The van der Waals surface area contributed by atoms with E-state index in [1.54, 1.807) is 50.6 Å². The zero-order valence-corrected chi connectivity index (χ0v) is 15.5. The van der Waals surface area contributed by atoms with E-state index < -0.39 is 11.8 Å². The number of anilines is 1. The molecule has 3 amide bonds. The van der Waals surface area contributed by atoms with Crippen molar-refractivity contribution in [1.29, 1.82) is 0 Å². The lowest BCUT2D eigenvalue weighted by atomic mass is 10.1. The van der Waals surface area contributed by atoms with E-state index >= 15 is 0 Å². The molecule has 0 bridgehead atoms. The second kappa shape index (κ2) is 9.77. The smallest absolute Gasteiger partial charge is 0.251 e. The van der Waals surface area contributed by atoms with E-state index in [9.17, 15) is 14.4 Å². The van der Waals surface area contributed by atoms with Gasteiger partial charge in [-0.1, -0.05) is 0 Å². The largest absolute Gasteiger partial charge is 0.497 e. The number of nitrogens with one attached hydrogen (secondary N) is 2. The van der Waals surface area contributed by atoms with Gasteiger partial charge in [-0.15, -0.1) is 0 Å². The summed E-state index contributed by atoms with van der Waals surface area (Å²) in [5, 5.41) is 5.07. The minimum absolute atomic E-state index is 0.240. The first-order valence-corrected chi connectivity index (χ1v) is 8.30. The summed E-state index contributed by atoms with van der Waals surface area (Å²) in [6.45, 7) is -0.240. The monoisotopic (exact) mass is 383 g/mol. The fourth-order valence-electron chi connectivity index (χ4n) is 2.29. The van der Waals surface area contributed by atoms with Crippen LogP contribution in [0.15, 0.2) is 48.5 Å². The summed E-state index contributed by atoms with van der Waals surface area (Å²) >= 11 is 0. The molecule has 146 valence electrons. The van der Waals surface area contributed by atoms with Crippen LogP contribution < -0.4 is 25.8 Å². The molecule has 0 aliphatic heterocycles. The van der Waals surface area contributed by atoms with Crippen LogP contribution in [0.3, 0.4) is 0 Å². The van der Waals surface area contributed by atoms with Gasteiger partial charge >= 0.3 is 0 Å². The lowest BCUT2D eigenvalue weighted by molar-refractivity contribution is -0.117. The molecule has 2 aromatic carbocycles. The number of primary amides is 1. The predicted octanol–water partition coefficient (Wildman–Crippen LogP) is 1.57. The van der Waals surface area contributed by atoms with Gasteiger partial charge in [-0.2, -0.15) is 0 Å².